The topological polar surface area (TPSA) is 41.1 Å². The molecule has 110 valence electrons. The zero-order chi connectivity index (χ0) is 15.6. The Balaban J connectivity index is 2.37. The minimum Gasteiger partial charge on any atom is -0.387 e. The number of rotatable bonds is 3. The zero-order valence-electron chi connectivity index (χ0n) is 10.8. The Kier molecular flexibility index (Phi) is 4.93. The molecule has 0 aliphatic heterocycles. The van der Waals surface area contributed by atoms with Gasteiger partial charge in [0.05, 0.1) is 21.3 Å². The number of hydrogen-bond donors (Lipinski definition) is 2. The fourth-order valence-electron chi connectivity index (χ4n) is 1.76. The third-order valence-electron chi connectivity index (χ3n) is 2.74. The van der Waals surface area contributed by atoms with E-state index in [0.717, 1.165) is 12.1 Å². The van der Waals surface area contributed by atoms with E-state index in [1.165, 1.54) is 6.07 Å². The van der Waals surface area contributed by atoms with Crippen LogP contribution in [0, 0.1) is 5.82 Å². The van der Waals surface area contributed by atoms with Gasteiger partial charge in [-0.25, -0.2) is 4.39 Å². The molecule has 3 nitrogen and oxygen atoms in total. The molecule has 7 heteroatoms. The number of anilines is 2. The van der Waals surface area contributed by atoms with Crippen LogP contribution in [0.3, 0.4) is 0 Å². The highest BCUT2D eigenvalue weighted by molar-refractivity contribution is 6.40. The van der Waals surface area contributed by atoms with Crippen LogP contribution in [0.4, 0.5) is 15.8 Å². The molecule has 0 radical (unpaired) electrons. The molecule has 2 rings (SSSR count). The van der Waals surface area contributed by atoms with Crippen LogP contribution in [0.1, 0.15) is 10.4 Å². The standard InChI is InChI=1S/C14H10Cl3FN2O/c1-19-12-3-2-7(15)4-9(12)14(21)20-13-10(16)5-8(18)6-11(13)17/h2-6,19H,1H3,(H,20,21). The van der Waals surface area contributed by atoms with Crippen molar-refractivity contribution in [1.29, 1.82) is 0 Å². The molecule has 2 aromatic carbocycles. The molecule has 0 saturated carbocycles. The number of carbonyl (C=O) groups excluding carboxylic acids is 1. The molecule has 0 heterocycles. The first kappa shape index (κ1) is 15.9. The Morgan fingerprint density at radius 3 is 2.29 bits per heavy atom. The lowest BCUT2D eigenvalue weighted by atomic mass is 10.1. The van der Waals surface area contributed by atoms with Crippen LogP contribution in [0.25, 0.3) is 0 Å². The van der Waals surface area contributed by atoms with Crippen LogP contribution in [0.2, 0.25) is 15.1 Å². The summed E-state index contributed by atoms with van der Waals surface area (Å²) in [6.07, 6.45) is 0. The lowest BCUT2D eigenvalue weighted by Gasteiger charge is -2.12. The summed E-state index contributed by atoms with van der Waals surface area (Å²) in [5.41, 5.74) is 1.06. The summed E-state index contributed by atoms with van der Waals surface area (Å²) >= 11 is 17.7. The summed E-state index contributed by atoms with van der Waals surface area (Å²) in [4.78, 5) is 12.3. The Bertz CT molecular complexity index is 684. The molecule has 0 bridgehead atoms. The summed E-state index contributed by atoms with van der Waals surface area (Å²) in [6, 6.07) is 6.97. The van der Waals surface area contributed by atoms with E-state index in [-0.39, 0.29) is 15.7 Å². The highest BCUT2D eigenvalue weighted by Crippen LogP contribution is 2.32. The van der Waals surface area contributed by atoms with Crippen molar-refractivity contribution in [2.75, 3.05) is 17.7 Å². The zero-order valence-corrected chi connectivity index (χ0v) is 13.1. The number of benzene rings is 2. The SMILES string of the molecule is CNc1ccc(Cl)cc1C(=O)Nc1c(Cl)cc(F)cc1Cl. The number of nitrogens with one attached hydrogen (secondary N) is 2. The molecular weight excluding hydrogens is 338 g/mol. The van der Waals surface area contributed by atoms with Crippen LogP contribution >= 0.6 is 34.8 Å². The second-order valence-electron chi connectivity index (χ2n) is 4.14. The summed E-state index contributed by atoms with van der Waals surface area (Å²) in [6.45, 7) is 0. The number of carbonyl (C=O) groups is 1. The first-order valence-electron chi connectivity index (χ1n) is 5.85. The van der Waals surface area contributed by atoms with Crippen LogP contribution in [0.15, 0.2) is 30.3 Å². The summed E-state index contributed by atoms with van der Waals surface area (Å²) in [5.74, 6) is -1.04. The molecule has 0 atom stereocenters. The maximum atomic E-state index is 13.1. The molecule has 0 aromatic heterocycles. The molecular formula is C14H10Cl3FN2O. The van der Waals surface area contributed by atoms with Crippen LogP contribution in [0.5, 0.6) is 0 Å². The van der Waals surface area contributed by atoms with Crippen molar-refractivity contribution >= 4 is 52.1 Å². The van der Waals surface area contributed by atoms with E-state index in [9.17, 15) is 9.18 Å². The molecule has 0 spiro atoms. The van der Waals surface area contributed by atoms with E-state index in [1.54, 1.807) is 19.2 Å². The van der Waals surface area contributed by atoms with Gasteiger partial charge in [-0.15, -0.1) is 0 Å². The fraction of sp³-hybridized carbons (Fsp3) is 0.0714. The Labute approximate surface area is 136 Å². The van der Waals surface area contributed by atoms with Gasteiger partial charge in [0.25, 0.3) is 5.91 Å². The van der Waals surface area contributed by atoms with Gasteiger partial charge in [-0.3, -0.25) is 4.79 Å². The van der Waals surface area contributed by atoms with Gasteiger partial charge >= 0.3 is 0 Å². The third kappa shape index (κ3) is 3.59. The van der Waals surface area contributed by atoms with E-state index in [4.69, 9.17) is 34.8 Å². The molecule has 0 saturated heterocycles. The quantitative estimate of drug-likeness (QED) is 0.813. The summed E-state index contributed by atoms with van der Waals surface area (Å²) in [7, 11) is 1.68. The van der Waals surface area contributed by atoms with Gasteiger partial charge in [0, 0.05) is 17.8 Å². The van der Waals surface area contributed by atoms with E-state index < -0.39 is 11.7 Å². The summed E-state index contributed by atoms with van der Waals surface area (Å²) < 4.78 is 13.1. The Morgan fingerprint density at radius 2 is 1.71 bits per heavy atom. The van der Waals surface area contributed by atoms with Crippen molar-refractivity contribution < 1.29 is 9.18 Å². The predicted octanol–water partition coefficient (Wildman–Crippen LogP) is 5.08. The smallest absolute Gasteiger partial charge is 0.257 e. The minimum atomic E-state index is -0.582. The van der Waals surface area contributed by atoms with Crippen LogP contribution < -0.4 is 10.6 Å². The number of halogens is 4. The maximum absolute atomic E-state index is 13.1. The van der Waals surface area contributed by atoms with E-state index in [0.29, 0.717) is 16.3 Å². The van der Waals surface area contributed by atoms with Crippen molar-refractivity contribution in [2.24, 2.45) is 0 Å². The van der Waals surface area contributed by atoms with Gasteiger partial charge in [0.2, 0.25) is 0 Å². The first-order valence-corrected chi connectivity index (χ1v) is 6.99. The van der Waals surface area contributed by atoms with Gasteiger partial charge in [-0.2, -0.15) is 0 Å². The van der Waals surface area contributed by atoms with Gasteiger partial charge in [-0.1, -0.05) is 34.8 Å². The van der Waals surface area contributed by atoms with Crippen molar-refractivity contribution in [3.8, 4) is 0 Å². The van der Waals surface area contributed by atoms with Gasteiger partial charge < -0.3 is 10.6 Å². The average molecular weight is 348 g/mol. The monoisotopic (exact) mass is 346 g/mol. The lowest BCUT2D eigenvalue weighted by molar-refractivity contribution is 0.102. The van der Waals surface area contributed by atoms with Crippen molar-refractivity contribution in [3.63, 3.8) is 0 Å². The minimum absolute atomic E-state index is 0.0152. The van der Waals surface area contributed by atoms with Crippen molar-refractivity contribution in [1.82, 2.24) is 0 Å². The molecule has 2 aromatic rings. The van der Waals surface area contributed by atoms with Gasteiger partial charge in [0.1, 0.15) is 5.82 Å². The lowest BCUT2D eigenvalue weighted by Crippen LogP contribution is -2.14. The molecule has 2 N–H and O–H groups in total. The van der Waals surface area contributed by atoms with E-state index in [2.05, 4.69) is 10.6 Å². The Morgan fingerprint density at radius 1 is 1.10 bits per heavy atom. The van der Waals surface area contributed by atoms with Crippen LogP contribution in [-0.4, -0.2) is 13.0 Å². The van der Waals surface area contributed by atoms with Crippen LogP contribution in [-0.2, 0) is 0 Å². The second-order valence-corrected chi connectivity index (χ2v) is 5.39. The average Bonchev–Trinajstić information content (AvgIpc) is 2.42. The van der Waals surface area contributed by atoms with Gasteiger partial charge in [-0.05, 0) is 30.3 Å². The Hall–Kier alpha value is -1.49. The number of hydrogen-bond acceptors (Lipinski definition) is 2. The molecule has 0 fully saturated rings. The molecule has 0 unspecified atom stereocenters. The normalized spacial score (nSPS) is 10.3. The fourth-order valence-corrected chi connectivity index (χ4v) is 2.49. The molecule has 21 heavy (non-hydrogen) atoms. The highest BCUT2D eigenvalue weighted by atomic mass is 35.5. The van der Waals surface area contributed by atoms with E-state index in [1.807, 2.05) is 0 Å². The maximum Gasteiger partial charge on any atom is 0.257 e. The third-order valence-corrected chi connectivity index (χ3v) is 3.57. The van der Waals surface area contributed by atoms with Crippen molar-refractivity contribution in [2.45, 2.75) is 0 Å². The largest absolute Gasteiger partial charge is 0.387 e. The molecule has 0 aliphatic carbocycles. The number of amides is 1. The second kappa shape index (κ2) is 6.52. The summed E-state index contributed by atoms with van der Waals surface area (Å²) in [5, 5.41) is 5.88. The highest BCUT2D eigenvalue weighted by Gasteiger charge is 2.16. The molecule has 0 aliphatic rings. The van der Waals surface area contributed by atoms with Crippen molar-refractivity contribution in [3.05, 3.63) is 56.8 Å². The van der Waals surface area contributed by atoms with E-state index >= 15 is 0 Å². The molecule has 1 amide bonds. The first-order chi connectivity index (χ1) is 9.92. The predicted molar refractivity (Wildman–Crippen MR) is 85.4 cm³/mol. The van der Waals surface area contributed by atoms with Gasteiger partial charge in [0.15, 0.2) is 0 Å².